The second-order valence-electron chi connectivity index (χ2n) is 5.44. The van der Waals surface area contributed by atoms with Gasteiger partial charge in [0.25, 0.3) is 5.91 Å². The summed E-state index contributed by atoms with van der Waals surface area (Å²) in [4.78, 5) is 38.7. The maximum atomic E-state index is 12.5. The molecule has 6 heteroatoms. The molecule has 2 fully saturated rings. The molecule has 21 heavy (non-hydrogen) atoms. The number of imide groups is 1. The Balaban J connectivity index is 1.77. The fourth-order valence-electron chi connectivity index (χ4n) is 3.02. The summed E-state index contributed by atoms with van der Waals surface area (Å²) in [7, 11) is 0. The molecule has 2 atom stereocenters. The van der Waals surface area contributed by atoms with Gasteiger partial charge in [-0.05, 0) is 25.1 Å². The smallest absolute Gasteiger partial charge is 0.307 e. The molecule has 0 spiro atoms. The van der Waals surface area contributed by atoms with Gasteiger partial charge in [0.1, 0.15) is 0 Å². The fraction of sp³-hybridized carbons (Fsp3) is 0.400. The first-order chi connectivity index (χ1) is 10.1. The number of hydrogen-bond donors (Lipinski definition) is 1. The zero-order valence-electron chi connectivity index (χ0n) is 11.4. The Morgan fingerprint density at radius 3 is 2.52 bits per heavy atom. The maximum absolute atomic E-state index is 12.5. The van der Waals surface area contributed by atoms with Crippen molar-refractivity contribution in [2.45, 2.75) is 18.9 Å². The number of aliphatic carboxylic acids is 1. The predicted molar refractivity (Wildman–Crippen MR) is 74.7 cm³/mol. The number of benzene rings is 1. The van der Waals surface area contributed by atoms with Gasteiger partial charge >= 0.3 is 5.97 Å². The summed E-state index contributed by atoms with van der Waals surface area (Å²) in [6, 6.07) is 8.30. The highest BCUT2D eigenvalue weighted by atomic mass is 16.4. The summed E-state index contributed by atoms with van der Waals surface area (Å²) in [6.45, 7) is 0.880. The first kappa shape index (κ1) is 13.8. The third kappa shape index (κ3) is 2.42. The molecular weight excluding hydrogens is 272 g/mol. The third-order valence-electron chi connectivity index (χ3n) is 4.15. The fourth-order valence-corrected chi connectivity index (χ4v) is 3.02. The van der Waals surface area contributed by atoms with E-state index in [-0.39, 0.29) is 18.2 Å². The molecule has 0 radical (unpaired) electrons. The van der Waals surface area contributed by atoms with E-state index in [2.05, 4.69) is 0 Å². The van der Waals surface area contributed by atoms with Crippen LogP contribution in [-0.4, -0.2) is 46.9 Å². The molecule has 2 saturated heterocycles. The second-order valence-corrected chi connectivity index (χ2v) is 5.44. The molecule has 1 aromatic rings. The van der Waals surface area contributed by atoms with E-state index in [0.29, 0.717) is 25.2 Å². The number of carbonyl (C=O) groups is 3. The summed E-state index contributed by atoms with van der Waals surface area (Å²) in [6.07, 6.45) is 0.651. The topological polar surface area (TPSA) is 77.9 Å². The summed E-state index contributed by atoms with van der Waals surface area (Å²) in [5.74, 6) is -1.76. The Morgan fingerprint density at radius 2 is 1.90 bits per heavy atom. The third-order valence-corrected chi connectivity index (χ3v) is 4.15. The molecule has 2 unspecified atom stereocenters. The van der Waals surface area contributed by atoms with Crippen molar-refractivity contribution in [3.63, 3.8) is 0 Å². The van der Waals surface area contributed by atoms with E-state index >= 15 is 0 Å². The normalized spacial score (nSPS) is 26.6. The Hall–Kier alpha value is -2.21. The number of hydrogen-bond acceptors (Lipinski definition) is 4. The minimum absolute atomic E-state index is 0.125. The van der Waals surface area contributed by atoms with Gasteiger partial charge in [0.2, 0.25) is 5.91 Å². The lowest BCUT2D eigenvalue weighted by Crippen LogP contribution is -2.41. The van der Waals surface area contributed by atoms with Crippen LogP contribution in [0.4, 0.5) is 5.69 Å². The summed E-state index contributed by atoms with van der Waals surface area (Å²) >= 11 is 0. The highest BCUT2D eigenvalue weighted by Gasteiger charge is 2.45. The minimum Gasteiger partial charge on any atom is -0.481 e. The van der Waals surface area contributed by atoms with Crippen LogP contribution in [0, 0.1) is 5.92 Å². The van der Waals surface area contributed by atoms with Crippen molar-refractivity contribution < 1.29 is 19.5 Å². The van der Waals surface area contributed by atoms with E-state index in [4.69, 9.17) is 5.11 Å². The zero-order chi connectivity index (χ0) is 15.0. The zero-order valence-corrected chi connectivity index (χ0v) is 11.4. The number of carboxylic acids is 1. The standard InChI is InChI=1S/C15H16N2O4/c18-13-8-12(16-7-6-10(9-16)15(20)21)14(19)17(13)11-4-2-1-3-5-11/h1-5,10,12H,6-9H2,(H,20,21). The van der Waals surface area contributed by atoms with Crippen LogP contribution >= 0.6 is 0 Å². The van der Waals surface area contributed by atoms with E-state index in [1.165, 1.54) is 4.90 Å². The summed E-state index contributed by atoms with van der Waals surface area (Å²) < 4.78 is 0. The lowest BCUT2D eigenvalue weighted by atomic mass is 10.1. The molecule has 3 rings (SSSR count). The Kier molecular flexibility index (Phi) is 3.47. The number of carboxylic acid groups (broad SMARTS) is 1. The van der Waals surface area contributed by atoms with Crippen molar-refractivity contribution in [1.82, 2.24) is 4.90 Å². The van der Waals surface area contributed by atoms with Gasteiger partial charge in [0.05, 0.1) is 24.1 Å². The van der Waals surface area contributed by atoms with Gasteiger partial charge in [-0.2, -0.15) is 0 Å². The first-order valence-corrected chi connectivity index (χ1v) is 6.96. The number of para-hydroxylation sites is 1. The van der Waals surface area contributed by atoms with E-state index in [9.17, 15) is 14.4 Å². The van der Waals surface area contributed by atoms with E-state index < -0.39 is 17.9 Å². The van der Waals surface area contributed by atoms with Crippen molar-refractivity contribution in [3.8, 4) is 0 Å². The van der Waals surface area contributed by atoms with Crippen LogP contribution in [0.2, 0.25) is 0 Å². The number of carbonyl (C=O) groups excluding carboxylic acids is 2. The number of nitrogens with zero attached hydrogens (tertiary/aromatic N) is 2. The Bertz CT molecular complexity index is 587. The number of likely N-dealkylation sites (tertiary alicyclic amines) is 1. The van der Waals surface area contributed by atoms with Crippen LogP contribution in [0.15, 0.2) is 30.3 Å². The summed E-state index contributed by atoms with van der Waals surface area (Å²) in [5.41, 5.74) is 0.573. The predicted octanol–water partition coefficient (Wildman–Crippen LogP) is 0.725. The van der Waals surface area contributed by atoms with Gasteiger partial charge in [-0.1, -0.05) is 18.2 Å². The molecule has 0 bridgehead atoms. The van der Waals surface area contributed by atoms with Gasteiger partial charge < -0.3 is 5.11 Å². The van der Waals surface area contributed by atoms with Crippen molar-refractivity contribution in [2.75, 3.05) is 18.0 Å². The van der Waals surface area contributed by atoms with E-state index in [0.717, 1.165) is 0 Å². The second kappa shape index (κ2) is 5.29. The van der Waals surface area contributed by atoms with Gasteiger partial charge in [-0.25, -0.2) is 4.90 Å². The molecule has 0 saturated carbocycles. The molecule has 2 aliphatic heterocycles. The Labute approximate surface area is 122 Å². The van der Waals surface area contributed by atoms with Crippen LogP contribution < -0.4 is 4.90 Å². The average Bonchev–Trinajstić information content (AvgIpc) is 3.05. The molecule has 1 aromatic carbocycles. The van der Waals surface area contributed by atoms with Gasteiger partial charge in [0, 0.05) is 6.54 Å². The monoisotopic (exact) mass is 288 g/mol. The number of amides is 2. The van der Waals surface area contributed by atoms with Gasteiger partial charge in [-0.15, -0.1) is 0 Å². The van der Waals surface area contributed by atoms with Crippen LogP contribution in [0.3, 0.4) is 0 Å². The molecule has 0 aromatic heterocycles. The lowest BCUT2D eigenvalue weighted by Gasteiger charge is -2.22. The molecule has 2 heterocycles. The van der Waals surface area contributed by atoms with E-state index in [1.807, 2.05) is 11.0 Å². The lowest BCUT2D eigenvalue weighted by molar-refractivity contribution is -0.141. The van der Waals surface area contributed by atoms with Crippen molar-refractivity contribution >= 4 is 23.5 Å². The van der Waals surface area contributed by atoms with Crippen LogP contribution in [0.25, 0.3) is 0 Å². The minimum atomic E-state index is -0.839. The quantitative estimate of drug-likeness (QED) is 0.829. The van der Waals surface area contributed by atoms with Crippen molar-refractivity contribution in [1.29, 1.82) is 0 Å². The van der Waals surface area contributed by atoms with Crippen LogP contribution in [-0.2, 0) is 14.4 Å². The van der Waals surface area contributed by atoms with Gasteiger partial charge in [-0.3, -0.25) is 19.3 Å². The van der Waals surface area contributed by atoms with Crippen molar-refractivity contribution in [3.05, 3.63) is 30.3 Å². The molecular formula is C15H16N2O4. The molecule has 2 amide bonds. The molecule has 110 valence electrons. The molecule has 6 nitrogen and oxygen atoms in total. The van der Waals surface area contributed by atoms with Crippen molar-refractivity contribution in [2.24, 2.45) is 5.92 Å². The number of rotatable bonds is 3. The van der Waals surface area contributed by atoms with E-state index in [1.54, 1.807) is 24.3 Å². The average molecular weight is 288 g/mol. The maximum Gasteiger partial charge on any atom is 0.307 e. The first-order valence-electron chi connectivity index (χ1n) is 6.96. The Morgan fingerprint density at radius 1 is 1.19 bits per heavy atom. The van der Waals surface area contributed by atoms with Gasteiger partial charge in [0.15, 0.2) is 0 Å². The number of anilines is 1. The summed E-state index contributed by atoms with van der Waals surface area (Å²) in [5, 5.41) is 9.03. The highest BCUT2D eigenvalue weighted by Crippen LogP contribution is 2.28. The molecule has 0 aliphatic carbocycles. The van der Waals surface area contributed by atoms with Crippen LogP contribution in [0.5, 0.6) is 0 Å². The molecule has 1 N–H and O–H groups in total. The SMILES string of the molecule is O=C(O)C1CCN(C2CC(=O)N(c3ccccc3)C2=O)C1. The highest BCUT2D eigenvalue weighted by molar-refractivity contribution is 6.22. The largest absolute Gasteiger partial charge is 0.481 e. The molecule has 2 aliphatic rings. The van der Waals surface area contributed by atoms with Crippen LogP contribution in [0.1, 0.15) is 12.8 Å².